The Morgan fingerprint density at radius 3 is 2.62 bits per heavy atom. The molecule has 1 N–H and O–H groups in total. The van der Waals surface area contributed by atoms with Crippen molar-refractivity contribution in [3.05, 3.63) is 52.5 Å². The molecule has 26 heavy (non-hydrogen) atoms. The highest BCUT2D eigenvalue weighted by molar-refractivity contribution is 6.32. The fourth-order valence-electron chi connectivity index (χ4n) is 3.14. The van der Waals surface area contributed by atoms with Gasteiger partial charge in [0.05, 0.1) is 25.3 Å². The minimum atomic E-state index is -0.392. The summed E-state index contributed by atoms with van der Waals surface area (Å²) in [6.45, 7) is 4.01. The van der Waals surface area contributed by atoms with Gasteiger partial charge in [0.2, 0.25) is 0 Å². The molecule has 1 unspecified atom stereocenters. The Bertz CT molecular complexity index is 835. The van der Waals surface area contributed by atoms with Crippen LogP contribution in [0.25, 0.3) is 0 Å². The second-order valence-corrected chi connectivity index (χ2v) is 7.25. The molecule has 2 aromatic carbocycles. The van der Waals surface area contributed by atoms with Crippen molar-refractivity contribution >= 4 is 17.5 Å². The van der Waals surface area contributed by atoms with Gasteiger partial charge in [-0.2, -0.15) is 0 Å². The first-order valence-electron chi connectivity index (χ1n) is 8.34. The smallest absolute Gasteiger partial charge is 0.251 e. The molecule has 5 nitrogen and oxygen atoms in total. The van der Waals surface area contributed by atoms with E-state index in [2.05, 4.69) is 5.32 Å². The van der Waals surface area contributed by atoms with Crippen molar-refractivity contribution < 1.29 is 19.0 Å². The van der Waals surface area contributed by atoms with Crippen molar-refractivity contribution in [2.45, 2.75) is 31.9 Å². The van der Waals surface area contributed by atoms with Crippen LogP contribution in [0.1, 0.15) is 42.2 Å². The normalized spacial score (nSPS) is 17.7. The van der Waals surface area contributed by atoms with Gasteiger partial charge in [0.25, 0.3) is 5.91 Å². The Labute approximate surface area is 158 Å². The maximum atomic E-state index is 12.8. The van der Waals surface area contributed by atoms with Crippen molar-refractivity contribution in [1.82, 2.24) is 5.32 Å². The van der Waals surface area contributed by atoms with Crippen LogP contribution in [0.2, 0.25) is 5.02 Å². The van der Waals surface area contributed by atoms with Crippen LogP contribution < -0.4 is 19.5 Å². The predicted molar refractivity (Wildman–Crippen MR) is 101 cm³/mol. The Hall–Kier alpha value is -2.40. The first-order chi connectivity index (χ1) is 12.3. The number of benzene rings is 2. The van der Waals surface area contributed by atoms with E-state index in [0.29, 0.717) is 22.8 Å². The van der Waals surface area contributed by atoms with Crippen LogP contribution in [-0.4, -0.2) is 25.7 Å². The van der Waals surface area contributed by atoms with Crippen molar-refractivity contribution in [2.24, 2.45) is 0 Å². The molecule has 0 radical (unpaired) electrons. The summed E-state index contributed by atoms with van der Waals surface area (Å²) in [5.41, 5.74) is 0.984. The van der Waals surface area contributed by atoms with Crippen LogP contribution >= 0.6 is 11.6 Å². The largest absolute Gasteiger partial charge is 0.497 e. The lowest BCUT2D eigenvalue weighted by Gasteiger charge is -2.38. The van der Waals surface area contributed by atoms with E-state index in [1.807, 2.05) is 32.0 Å². The van der Waals surface area contributed by atoms with E-state index in [1.54, 1.807) is 25.3 Å². The first kappa shape index (κ1) is 18.4. The Morgan fingerprint density at radius 2 is 1.96 bits per heavy atom. The molecule has 0 spiro atoms. The van der Waals surface area contributed by atoms with E-state index in [-0.39, 0.29) is 11.9 Å². The molecule has 1 aliphatic rings. The zero-order valence-corrected chi connectivity index (χ0v) is 16.0. The topological polar surface area (TPSA) is 56.8 Å². The van der Waals surface area contributed by atoms with E-state index in [1.165, 1.54) is 7.11 Å². The van der Waals surface area contributed by atoms with Gasteiger partial charge in [0.1, 0.15) is 22.8 Å². The summed E-state index contributed by atoms with van der Waals surface area (Å²) in [6.07, 6.45) is 0.642. The Morgan fingerprint density at radius 1 is 1.19 bits per heavy atom. The van der Waals surface area contributed by atoms with Gasteiger partial charge >= 0.3 is 0 Å². The van der Waals surface area contributed by atoms with E-state index in [4.69, 9.17) is 25.8 Å². The van der Waals surface area contributed by atoms with Crippen molar-refractivity contribution in [1.29, 1.82) is 0 Å². The molecule has 138 valence electrons. The van der Waals surface area contributed by atoms with Crippen LogP contribution in [0.3, 0.4) is 0 Å². The Balaban J connectivity index is 1.89. The minimum absolute atomic E-state index is 0.197. The number of amides is 1. The number of nitrogens with one attached hydrogen (secondary N) is 1. The van der Waals surface area contributed by atoms with Gasteiger partial charge in [0.15, 0.2) is 0 Å². The third-order valence-corrected chi connectivity index (χ3v) is 4.69. The molecule has 0 aliphatic carbocycles. The Kier molecular flexibility index (Phi) is 5.01. The molecular weight excluding hydrogens is 354 g/mol. The average Bonchev–Trinajstić information content (AvgIpc) is 2.60. The van der Waals surface area contributed by atoms with Gasteiger partial charge in [-0.3, -0.25) is 4.79 Å². The van der Waals surface area contributed by atoms with Crippen LogP contribution in [0, 0.1) is 0 Å². The fourth-order valence-corrected chi connectivity index (χ4v) is 3.40. The second-order valence-electron chi connectivity index (χ2n) is 6.85. The minimum Gasteiger partial charge on any atom is -0.497 e. The lowest BCUT2D eigenvalue weighted by atomic mass is 9.89. The maximum absolute atomic E-state index is 12.8. The zero-order chi connectivity index (χ0) is 18.9. The predicted octanol–water partition coefficient (Wildman–Crippen LogP) is 4.39. The molecule has 1 atom stereocenters. The summed E-state index contributed by atoms with van der Waals surface area (Å²) in [5, 5.41) is 3.49. The van der Waals surface area contributed by atoms with Crippen molar-refractivity contribution in [3.63, 3.8) is 0 Å². The lowest BCUT2D eigenvalue weighted by molar-refractivity contribution is 0.0618. The highest BCUT2D eigenvalue weighted by Gasteiger charge is 2.35. The molecule has 1 heterocycles. The second kappa shape index (κ2) is 7.08. The highest BCUT2D eigenvalue weighted by atomic mass is 35.5. The molecule has 0 saturated carbocycles. The summed E-state index contributed by atoms with van der Waals surface area (Å²) >= 11 is 6.14. The lowest BCUT2D eigenvalue weighted by Crippen LogP contribution is -2.41. The van der Waals surface area contributed by atoms with E-state index < -0.39 is 5.60 Å². The van der Waals surface area contributed by atoms with Gasteiger partial charge in [-0.15, -0.1) is 0 Å². The quantitative estimate of drug-likeness (QED) is 0.861. The summed E-state index contributed by atoms with van der Waals surface area (Å²) in [4.78, 5) is 12.8. The molecular formula is C20H22ClNO4. The van der Waals surface area contributed by atoms with E-state index in [0.717, 1.165) is 17.1 Å². The van der Waals surface area contributed by atoms with Crippen LogP contribution in [-0.2, 0) is 0 Å². The third-order valence-electron chi connectivity index (χ3n) is 4.39. The number of fused-ring (bicyclic) bond motifs is 1. The summed E-state index contributed by atoms with van der Waals surface area (Å²) < 4.78 is 16.5. The van der Waals surface area contributed by atoms with Gasteiger partial charge in [-0.1, -0.05) is 11.6 Å². The molecule has 0 saturated heterocycles. The maximum Gasteiger partial charge on any atom is 0.251 e. The molecule has 0 bridgehead atoms. The monoisotopic (exact) mass is 375 g/mol. The number of halogens is 1. The van der Waals surface area contributed by atoms with Gasteiger partial charge in [-0.25, -0.2) is 0 Å². The van der Waals surface area contributed by atoms with Crippen molar-refractivity contribution in [3.8, 4) is 17.2 Å². The number of carbonyl (C=O) groups excluding carboxylic acids is 1. The average molecular weight is 376 g/mol. The molecule has 2 aromatic rings. The van der Waals surface area contributed by atoms with E-state index >= 15 is 0 Å². The molecule has 1 amide bonds. The van der Waals surface area contributed by atoms with Crippen molar-refractivity contribution in [2.75, 3.05) is 14.2 Å². The molecule has 3 rings (SSSR count). The van der Waals surface area contributed by atoms with Gasteiger partial charge < -0.3 is 19.5 Å². The van der Waals surface area contributed by atoms with Crippen LogP contribution in [0.4, 0.5) is 0 Å². The molecule has 0 fully saturated rings. The summed E-state index contributed by atoms with van der Waals surface area (Å²) in [5.74, 6) is 1.80. The van der Waals surface area contributed by atoms with Crippen LogP contribution in [0.15, 0.2) is 36.4 Å². The first-order valence-corrected chi connectivity index (χ1v) is 8.72. The number of methoxy groups -OCH3 is 2. The summed E-state index contributed by atoms with van der Waals surface area (Å²) in [6, 6.07) is 10.4. The summed E-state index contributed by atoms with van der Waals surface area (Å²) in [7, 11) is 3.15. The van der Waals surface area contributed by atoms with Crippen LogP contribution in [0.5, 0.6) is 17.2 Å². The SMILES string of the molecule is COc1ccc2c(c1)C(NC(=O)c1ccc(OC)c(Cl)c1)CC(C)(C)O2. The number of hydrogen-bond acceptors (Lipinski definition) is 4. The van der Waals surface area contributed by atoms with E-state index in [9.17, 15) is 4.79 Å². The third kappa shape index (κ3) is 3.73. The standard InChI is InChI=1S/C20H22ClNO4/c1-20(2)11-16(14-10-13(24-3)6-8-17(14)26-20)22-19(23)12-5-7-18(25-4)15(21)9-12/h5-10,16H,11H2,1-4H3,(H,22,23). The van der Waals surface area contributed by atoms with Gasteiger partial charge in [-0.05, 0) is 50.2 Å². The fraction of sp³-hybridized carbons (Fsp3) is 0.350. The number of ether oxygens (including phenoxy) is 3. The highest BCUT2D eigenvalue weighted by Crippen LogP contribution is 2.41. The molecule has 0 aromatic heterocycles. The number of hydrogen-bond donors (Lipinski definition) is 1. The number of carbonyl (C=O) groups is 1. The molecule has 1 aliphatic heterocycles. The molecule has 6 heteroatoms. The van der Waals surface area contributed by atoms with Gasteiger partial charge in [0, 0.05) is 17.5 Å². The number of rotatable bonds is 4. The zero-order valence-electron chi connectivity index (χ0n) is 15.3.